The number of halogens is 1. The Morgan fingerprint density at radius 2 is 1.92 bits per heavy atom. The number of piperazine rings is 1. The van der Waals surface area contributed by atoms with Crippen LogP contribution in [0.1, 0.15) is 50.0 Å². The van der Waals surface area contributed by atoms with Crippen LogP contribution in [0.4, 0.5) is 10.1 Å². The van der Waals surface area contributed by atoms with E-state index in [1.165, 1.54) is 6.07 Å². The van der Waals surface area contributed by atoms with Gasteiger partial charge in [-0.25, -0.2) is 4.39 Å². The molecule has 0 spiro atoms. The summed E-state index contributed by atoms with van der Waals surface area (Å²) in [5, 5.41) is 13.2. The maximum Gasteiger partial charge on any atom is 0.243 e. The normalized spacial score (nSPS) is 16.9. The van der Waals surface area contributed by atoms with E-state index >= 15 is 0 Å². The van der Waals surface area contributed by atoms with Crippen LogP contribution < -0.4 is 4.90 Å². The highest BCUT2D eigenvalue weighted by atomic mass is 19.1. The molecule has 25 heavy (non-hydrogen) atoms. The lowest BCUT2D eigenvalue weighted by molar-refractivity contribution is 0.164. The lowest BCUT2D eigenvalue weighted by atomic mass is 10.1. The van der Waals surface area contributed by atoms with E-state index in [0.29, 0.717) is 24.7 Å². The monoisotopic (exact) mass is 343 g/mol. The molecule has 3 rings (SSSR count). The number of rotatable bonds is 4. The highest BCUT2D eigenvalue weighted by molar-refractivity contribution is 5.60. The number of nitrogens with zero attached hydrogens (tertiary/aromatic N) is 5. The van der Waals surface area contributed by atoms with Gasteiger partial charge in [-0.05, 0) is 19.1 Å². The van der Waals surface area contributed by atoms with Gasteiger partial charge in [-0.15, -0.1) is 0 Å². The standard InChI is InChI=1S/C18H22FN5O/c1-12(2)17-21-18(25-22-17)13(3)23-7-9-24(10-8-23)16-6-4-5-15(19)14(16)11-20/h4-6,12-13H,7-10H2,1-3H3. The molecule has 132 valence electrons. The SMILES string of the molecule is CC(C)c1noc(C(C)N2CCN(c3cccc(F)c3C#N)CC2)n1. The first-order valence-electron chi connectivity index (χ1n) is 8.52. The molecule has 2 aromatic rings. The number of aromatic nitrogens is 2. The number of anilines is 1. The van der Waals surface area contributed by atoms with Crippen LogP contribution in [0.15, 0.2) is 22.7 Å². The van der Waals surface area contributed by atoms with Gasteiger partial charge in [0.05, 0.1) is 11.7 Å². The summed E-state index contributed by atoms with van der Waals surface area (Å²) >= 11 is 0. The van der Waals surface area contributed by atoms with Crippen molar-refractivity contribution in [1.29, 1.82) is 5.26 Å². The van der Waals surface area contributed by atoms with E-state index in [0.717, 1.165) is 18.9 Å². The third-order valence-electron chi connectivity index (χ3n) is 4.64. The second kappa shape index (κ2) is 7.19. The van der Waals surface area contributed by atoms with Crippen LogP contribution in [0, 0.1) is 17.1 Å². The number of hydrogen-bond acceptors (Lipinski definition) is 6. The maximum atomic E-state index is 13.8. The van der Waals surface area contributed by atoms with E-state index in [9.17, 15) is 9.65 Å². The lowest BCUT2D eigenvalue weighted by Crippen LogP contribution is -2.47. The Labute approximate surface area is 146 Å². The van der Waals surface area contributed by atoms with Crippen molar-refractivity contribution >= 4 is 5.69 Å². The van der Waals surface area contributed by atoms with E-state index < -0.39 is 5.82 Å². The third-order valence-corrected chi connectivity index (χ3v) is 4.64. The Bertz CT molecular complexity index is 774. The third kappa shape index (κ3) is 3.49. The second-order valence-corrected chi connectivity index (χ2v) is 6.59. The van der Waals surface area contributed by atoms with Crippen LogP contribution in [0.3, 0.4) is 0 Å². The summed E-state index contributed by atoms with van der Waals surface area (Å²) in [6.45, 7) is 9.11. The Morgan fingerprint density at radius 3 is 2.52 bits per heavy atom. The summed E-state index contributed by atoms with van der Waals surface area (Å²) in [5.74, 6) is 1.11. The molecule has 0 N–H and O–H groups in total. The molecule has 0 bridgehead atoms. The summed E-state index contributed by atoms with van der Waals surface area (Å²) in [6.07, 6.45) is 0. The summed E-state index contributed by atoms with van der Waals surface area (Å²) < 4.78 is 19.2. The predicted octanol–water partition coefficient (Wildman–Crippen LogP) is 3.09. The van der Waals surface area contributed by atoms with Crippen molar-refractivity contribution in [2.24, 2.45) is 0 Å². The zero-order chi connectivity index (χ0) is 18.0. The molecule has 1 saturated heterocycles. The van der Waals surface area contributed by atoms with Gasteiger partial charge in [-0.1, -0.05) is 25.1 Å². The Balaban J connectivity index is 1.67. The van der Waals surface area contributed by atoms with Crippen molar-refractivity contribution in [2.45, 2.75) is 32.7 Å². The molecule has 1 atom stereocenters. The molecule has 6 nitrogen and oxygen atoms in total. The summed E-state index contributed by atoms with van der Waals surface area (Å²) in [4.78, 5) is 8.79. The van der Waals surface area contributed by atoms with Gasteiger partial charge < -0.3 is 9.42 Å². The largest absolute Gasteiger partial charge is 0.368 e. The van der Waals surface area contributed by atoms with Gasteiger partial charge in [0.25, 0.3) is 0 Å². The maximum absolute atomic E-state index is 13.8. The van der Waals surface area contributed by atoms with Crippen molar-refractivity contribution in [3.63, 3.8) is 0 Å². The molecule has 1 aliphatic rings. The predicted molar refractivity (Wildman–Crippen MR) is 91.7 cm³/mol. The molecule has 7 heteroatoms. The Kier molecular flexibility index (Phi) is 5.00. The summed E-state index contributed by atoms with van der Waals surface area (Å²) in [5.41, 5.74) is 0.775. The fourth-order valence-electron chi connectivity index (χ4n) is 3.04. The minimum atomic E-state index is -0.470. The number of hydrogen-bond donors (Lipinski definition) is 0. The summed E-state index contributed by atoms with van der Waals surface area (Å²) in [6, 6.07) is 6.77. The molecular formula is C18H22FN5O. The summed E-state index contributed by atoms with van der Waals surface area (Å²) in [7, 11) is 0. The van der Waals surface area contributed by atoms with Crippen molar-refractivity contribution in [2.75, 3.05) is 31.1 Å². The van der Waals surface area contributed by atoms with Gasteiger partial charge in [-0.2, -0.15) is 10.2 Å². The van der Waals surface area contributed by atoms with Crippen LogP contribution in [0.25, 0.3) is 0 Å². The second-order valence-electron chi connectivity index (χ2n) is 6.59. The van der Waals surface area contributed by atoms with Crippen LogP contribution in [0.5, 0.6) is 0 Å². The quantitative estimate of drug-likeness (QED) is 0.850. The molecular weight excluding hydrogens is 321 g/mol. The Hall–Kier alpha value is -2.46. The van der Waals surface area contributed by atoms with Gasteiger partial charge in [-0.3, -0.25) is 4.90 Å². The lowest BCUT2D eigenvalue weighted by Gasteiger charge is -2.38. The molecule has 0 amide bonds. The molecule has 1 aromatic heterocycles. The zero-order valence-corrected chi connectivity index (χ0v) is 14.7. The molecule has 1 aliphatic heterocycles. The Morgan fingerprint density at radius 1 is 1.20 bits per heavy atom. The fraction of sp³-hybridized carbons (Fsp3) is 0.500. The number of benzene rings is 1. The van der Waals surface area contributed by atoms with Gasteiger partial charge in [0.2, 0.25) is 5.89 Å². The van der Waals surface area contributed by atoms with Gasteiger partial charge in [0.15, 0.2) is 5.82 Å². The molecule has 0 radical (unpaired) electrons. The van der Waals surface area contributed by atoms with Crippen LogP contribution in [-0.4, -0.2) is 41.2 Å². The highest BCUT2D eigenvalue weighted by Gasteiger charge is 2.27. The highest BCUT2D eigenvalue weighted by Crippen LogP contribution is 2.26. The minimum Gasteiger partial charge on any atom is -0.368 e. The van der Waals surface area contributed by atoms with Gasteiger partial charge >= 0.3 is 0 Å². The van der Waals surface area contributed by atoms with E-state index in [4.69, 9.17) is 4.52 Å². The van der Waals surface area contributed by atoms with Crippen molar-refractivity contribution in [1.82, 2.24) is 15.0 Å². The van der Waals surface area contributed by atoms with E-state index in [1.54, 1.807) is 12.1 Å². The van der Waals surface area contributed by atoms with Crippen LogP contribution in [-0.2, 0) is 0 Å². The fourth-order valence-corrected chi connectivity index (χ4v) is 3.04. The van der Waals surface area contributed by atoms with E-state index in [1.807, 2.05) is 19.9 Å². The number of nitriles is 1. The van der Waals surface area contributed by atoms with Gasteiger partial charge in [0, 0.05) is 32.1 Å². The first kappa shape index (κ1) is 17.4. The van der Waals surface area contributed by atoms with Crippen molar-refractivity contribution in [3.8, 4) is 6.07 Å². The molecule has 1 fully saturated rings. The molecule has 0 saturated carbocycles. The molecule has 0 aliphatic carbocycles. The zero-order valence-electron chi connectivity index (χ0n) is 14.7. The van der Waals surface area contributed by atoms with E-state index in [2.05, 4.69) is 26.9 Å². The van der Waals surface area contributed by atoms with Crippen LogP contribution >= 0.6 is 0 Å². The topological polar surface area (TPSA) is 69.2 Å². The molecule has 2 heterocycles. The van der Waals surface area contributed by atoms with Crippen molar-refractivity contribution in [3.05, 3.63) is 41.3 Å². The molecule has 1 aromatic carbocycles. The van der Waals surface area contributed by atoms with E-state index in [-0.39, 0.29) is 17.5 Å². The average molecular weight is 343 g/mol. The minimum absolute atomic E-state index is 0.0325. The van der Waals surface area contributed by atoms with Crippen LogP contribution in [0.2, 0.25) is 0 Å². The van der Waals surface area contributed by atoms with Gasteiger partial charge in [0.1, 0.15) is 17.4 Å². The first-order valence-corrected chi connectivity index (χ1v) is 8.52. The first-order chi connectivity index (χ1) is 12.0. The average Bonchev–Trinajstić information content (AvgIpc) is 3.11. The van der Waals surface area contributed by atoms with Crippen molar-refractivity contribution < 1.29 is 8.91 Å². The molecule has 1 unspecified atom stereocenters. The smallest absolute Gasteiger partial charge is 0.243 e.